The van der Waals surface area contributed by atoms with Gasteiger partial charge in [-0.2, -0.15) is 5.53 Å². The fraction of sp³-hybridized carbons (Fsp3) is 0.364. The highest BCUT2D eigenvalue weighted by Crippen LogP contribution is 2.21. The molecule has 1 aromatic carbocycles. The molecular formula is C11H15Cl2N5. The Bertz CT molecular complexity index is 449. The van der Waals surface area contributed by atoms with Gasteiger partial charge in [-0.25, -0.2) is 4.99 Å². The fourth-order valence-corrected chi connectivity index (χ4v) is 2.06. The van der Waals surface area contributed by atoms with Crippen LogP contribution in [0.5, 0.6) is 0 Å². The number of aliphatic imine (C=N–C) groups is 1. The van der Waals surface area contributed by atoms with E-state index in [1.54, 1.807) is 6.07 Å². The Balaban J connectivity index is 2.05. The van der Waals surface area contributed by atoms with Crippen LogP contribution in [0.2, 0.25) is 10.0 Å². The van der Waals surface area contributed by atoms with Gasteiger partial charge in [-0.3, -0.25) is 10.4 Å². The first kappa shape index (κ1) is 13.4. The predicted octanol–water partition coefficient (Wildman–Crippen LogP) is 2.09. The lowest BCUT2D eigenvalue weighted by molar-refractivity contribution is 0.301. The zero-order valence-corrected chi connectivity index (χ0v) is 11.5. The Labute approximate surface area is 116 Å². The first-order valence-corrected chi connectivity index (χ1v) is 6.49. The third-order valence-electron chi connectivity index (χ3n) is 2.48. The molecule has 18 heavy (non-hydrogen) atoms. The average molecular weight is 288 g/mol. The van der Waals surface area contributed by atoms with Crippen LogP contribution in [0.25, 0.3) is 0 Å². The zero-order chi connectivity index (χ0) is 13.0. The van der Waals surface area contributed by atoms with Crippen LogP contribution >= 0.6 is 23.2 Å². The second kappa shape index (κ2) is 6.24. The van der Waals surface area contributed by atoms with E-state index >= 15 is 0 Å². The molecule has 1 saturated heterocycles. The number of benzene rings is 1. The Morgan fingerprint density at radius 2 is 2.17 bits per heavy atom. The minimum Gasteiger partial charge on any atom is -0.275 e. The van der Waals surface area contributed by atoms with Crippen LogP contribution in [0, 0.1) is 0 Å². The van der Waals surface area contributed by atoms with Crippen molar-refractivity contribution in [1.82, 2.24) is 21.5 Å². The molecule has 0 atom stereocenters. The quantitative estimate of drug-likeness (QED) is 0.794. The van der Waals surface area contributed by atoms with E-state index in [-0.39, 0.29) is 0 Å². The van der Waals surface area contributed by atoms with E-state index in [4.69, 9.17) is 23.2 Å². The van der Waals surface area contributed by atoms with Crippen molar-refractivity contribution in [2.75, 3.05) is 6.54 Å². The van der Waals surface area contributed by atoms with E-state index in [1.807, 2.05) is 17.1 Å². The molecule has 0 aliphatic carbocycles. The summed E-state index contributed by atoms with van der Waals surface area (Å²) in [7, 11) is 0. The van der Waals surface area contributed by atoms with E-state index in [2.05, 4.69) is 28.4 Å². The van der Waals surface area contributed by atoms with Crippen LogP contribution in [0.1, 0.15) is 18.9 Å². The van der Waals surface area contributed by atoms with Crippen molar-refractivity contribution in [1.29, 1.82) is 0 Å². The first-order chi connectivity index (χ1) is 8.70. The molecule has 0 aromatic heterocycles. The fourth-order valence-electron chi connectivity index (χ4n) is 1.59. The highest BCUT2D eigenvalue weighted by atomic mass is 35.5. The average Bonchev–Trinajstić information content (AvgIpc) is 2.76. The number of nitrogens with one attached hydrogen (secondary N) is 3. The smallest absolute Gasteiger partial charge is 0.225 e. The molecule has 5 nitrogen and oxygen atoms in total. The number of guanidine groups is 1. The van der Waals surface area contributed by atoms with Gasteiger partial charge < -0.3 is 0 Å². The highest BCUT2D eigenvalue weighted by Gasteiger charge is 2.15. The standard InChI is InChI=1S/C11H15Cl2N5/c1-2-5-18-11(15-16-17-18)14-7-8-3-4-9(12)6-10(8)13/h3-4,6,16-17H,2,5,7H2,1H3,(H,14,15). The van der Waals surface area contributed by atoms with Crippen molar-refractivity contribution < 1.29 is 0 Å². The van der Waals surface area contributed by atoms with Gasteiger partial charge in [0.25, 0.3) is 0 Å². The molecule has 0 amide bonds. The molecule has 98 valence electrons. The van der Waals surface area contributed by atoms with Crippen LogP contribution < -0.4 is 16.5 Å². The van der Waals surface area contributed by atoms with Gasteiger partial charge in [0.2, 0.25) is 5.96 Å². The third kappa shape index (κ3) is 3.26. The largest absolute Gasteiger partial charge is 0.275 e. The van der Waals surface area contributed by atoms with Gasteiger partial charge in [0.05, 0.1) is 6.54 Å². The van der Waals surface area contributed by atoms with E-state index < -0.39 is 0 Å². The predicted molar refractivity (Wildman–Crippen MR) is 74.0 cm³/mol. The maximum Gasteiger partial charge on any atom is 0.225 e. The summed E-state index contributed by atoms with van der Waals surface area (Å²) in [5, 5.41) is 3.17. The van der Waals surface area contributed by atoms with Gasteiger partial charge in [0.15, 0.2) is 0 Å². The maximum atomic E-state index is 6.09. The lowest BCUT2D eigenvalue weighted by atomic mass is 10.2. The molecule has 0 unspecified atom stereocenters. The topological polar surface area (TPSA) is 51.7 Å². The van der Waals surface area contributed by atoms with Crippen LogP contribution in [-0.4, -0.2) is 17.5 Å². The molecule has 7 heteroatoms. The number of halogens is 2. The summed E-state index contributed by atoms with van der Waals surface area (Å²) in [5.41, 5.74) is 9.64. The van der Waals surface area contributed by atoms with Gasteiger partial charge >= 0.3 is 0 Å². The second-order valence-corrected chi connectivity index (χ2v) is 4.73. The number of nitrogens with zero attached hydrogens (tertiary/aromatic N) is 2. The van der Waals surface area contributed by atoms with E-state index in [9.17, 15) is 0 Å². The number of hydrazine groups is 3. The van der Waals surface area contributed by atoms with Crippen LogP contribution in [0.3, 0.4) is 0 Å². The van der Waals surface area contributed by atoms with Crippen molar-refractivity contribution in [2.45, 2.75) is 19.9 Å². The van der Waals surface area contributed by atoms with Crippen LogP contribution in [0.15, 0.2) is 23.2 Å². The van der Waals surface area contributed by atoms with Crippen molar-refractivity contribution in [2.24, 2.45) is 4.99 Å². The summed E-state index contributed by atoms with van der Waals surface area (Å²) in [6.45, 7) is 3.47. The number of hydrogen-bond donors (Lipinski definition) is 3. The van der Waals surface area contributed by atoms with E-state index in [1.165, 1.54) is 0 Å². The summed E-state index contributed by atoms with van der Waals surface area (Å²) >= 11 is 11.9. The molecule has 1 heterocycles. The highest BCUT2D eigenvalue weighted by molar-refractivity contribution is 6.35. The summed E-state index contributed by atoms with van der Waals surface area (Å²) in [6.07, 6.45) is 1.02. The molecule has 0 spiro atoms. The molecule has 1 fully saturated rings. The second-order valence-electron chi connectivity index (χ2n) is 3.89. The first-order valence-electron chi connectivity index (χ1n) is 5.73. The third-order valence-corrected chi connectivity index (χ3v) is 3.07. The van der Waals surface area contributed by atoms with Crippen LogP contribution in [0.4, 0.5) is 0 Å². The molecule has 1 aliphatic heterocycles. The number of rotatable bonds is 4. The maximum absolute atomic E-state index is 6.09. The lowest BCUT2D eigenvalue weighted by Gasteiger charge is -2.14. The summed E-state index contributed by atoms with van der Waals surface area (Å²) < 4.78 is 0. The summed E-state index contributed by atoms with van der Waals surface area (Å²) in [6, 6.07) is 5.42. The van der Waals surface area contributed by atoms with Gasteiger partial charge in [-0.05, 0) is 24.1 Å². The molecule has 0 radical (unpaired) electrons. The molecule has 3 N–H and O–H groups in total. The molecule has 2 rings (SSSR count). The molecule has 0 saturated carbocycles. The van der Waals surface area contributed by atoms with Crippen molar-refractivity contribution in [3.05, 3.63) is 33.8 Å². The molecule has 1 aliphatic rings. The van der Waals surface area contributed by atoms with Crippen molar-refractivity contribution in [3.63, 3.8) is 0 Å². The monoisotopic (exact) mass is 287 g/mol. The van der Waals surface area contributed by atoms with Crippen molar-refractivity contribution in [3.8, 4) is 0 Å². The summed E-state index contributed by atoms with van der Waals surface area (Å²) in [4.78, 5) is 4.46. The SMILES string of the molecule is CCCN1NNNC1=NCc1ccc(Cl)cc1Cl. The Morgan fingerprint density at radius 1 is 1.33 bits per heavy atom. The van der Waals surface area contributed by atoms with Gasteiger partial charge in [-0.1, -0.05) is 36.2 Å². The Hall–Kier alpha value is -1.01. The minimum atomic E-state index is 0.502. The molecular weight excluding hydrogens is 273 g/mol. The number of hydrogen-bond acceptors (Lipinski definition) is 3. The normalized spacial score (nSPS) is 17.3. The minimum absolute atomic E-state index is 0.502. The van der Waals surface area contributed by atoms with E-state index in [0.29, 0.717) is 16.6 Å². The van der Waals surface area contributed by atoms with E-state index in [0.717, 1.165) is 24.5 Å². The van der Waals surface area contributed by atoms with Crippen molar-refractivity contribution >= 4 is 29.2 Å². The van der Waals surface area contributed by atoms with Gasteiger partial charge in [-0.15, -0.1) is 5.53 Å². The Kier molecular flexibility index (Phi) is 4.66. The van der Waals surface area contributed by atoms with Gasteiger partial charge in [0.1, 0.15) is 0 Å². The molecule has 0 bridgehead atoms. The van der Waals surface area contributed by atoms with Crippen LogP contribution in [-0.2, 0) is 6.54 Å². The Morgan fingerprint density at radius 3 is 2.89 bits per heavy atom. The lowest BCUT2D eigenvalue weighted by Crippen LogP contribution is -2.38. The zero-order valence-electron chi connectivity index (χ0n) is 10.0. The summed E-state index contributed by atoms with van der Waals surface area (Å²) in [5.74, 6) is 0.753. The van der Waals surface area contributed by atoms with Gasteiger partial charge in [0, 0.05) is 16.6 Å². The molecule has 1 aromatic rings.